The Morgan fingerprint density at radius 2 is 1.50 bits per heavy atom. The molecule has 1 aromatic rings. The molecule has 4 aliphatic carbocycles. The molecule has 4 aliphatic rings. The van der Waals surface area contributed by atoms with Crippen molar-refractivity contribution in [2.75, 3.05) is 0 Å². The van der Waals surface area contributed by atoms with E-state index < -0.39 is 42.6 Å². The fourth-order valence-corrected chi connectivity index (χ4v) is 13.0. The molecule has 1 nitrogen and oxygen atoms in total. The summed E-state index contributed by atoms with van der Waals surface area (Å²) in [5.41, 5.74) is 1.79. The third-order valence-electron chi connectivity index (χ3n) is 13.0. The van der Waals surface area contributed by atoms with Crippen molar-refractivity contribution in [2.45, 2.75) is 119 Å². The van der Waals surface area contributed by atoms with Gasteiger partial charge < -0.3 is 4.43 Å². The number of allylic oxidation sites excluding steroid dienone is 3. The molecular formula is C37H53F5OSi. The van der Waals surface area contributed by atoms with Gasteiger partial charge in [0.2, 0.25) is 14.1 Å². The molecule has 0 saturated heterocycles. The molecule has 246 valence electrons. The van der Waals surface area contributed by atoms with Crippen molar-refractivity contribution < 1.29 is 26.4 Å². The van der Waals surface area contributed by atoms with Gasteiger partial charge in [0.05, 0.1) is 0 Å². The fourth-order valence-electron chi connectivity index (χ4n) is 10.5. The van der Waals surface area contributed by atoms with Crippen LogP contribution in [0.25, 0.3) is 0 Å². The number of benzene rings is 1. The summed E-state index contributed by atoms with van der Waals surface area (Å²) in [7, 11) is -3.46. The van der Waals surface area contributed by atoms with Crippen LogP contribution in [0.1, 0.15) is 99.3 Å². The van der Waals surface area contributed by atoms with Crippen LogP contribution in [0.3, 0.4) is 0 Å². The number of hydrogen-bond acceptors (Lipinski definition) is 1. The monoisotopic (exact) mass is 636 g/mol. The Kier molecular flexibility index (Phi) is 9.45. The average Bonchev–Trinajstić information content (AvgIpc) is 3.32. The first-order chi connectivity index (χ1) is 20.6. The Morgan fingerprint density at radius 1 is 0.864 bits per heavy atom. The van der Waals surface area contributed by atoms with Crippen molar-refractivity contribution >= 4 is 13.5 Å². The first kappa shape index (κ1) is 33.9. The van der Waals surface area contributed by atoms with Gasteiger partial charge in [0.1, 0.15) is 0 Å². The van der Waals surface area contributed by atoms with Crippen LogP contribution in [-0.2, 0) is 4.43 Å². The van der Waals surface area contributed by atoms with Gasteiger partial charge in [0.15, 0.2) is 23.3 Å². The van der Waals surface area contributed by atoms with Gasteiger partial charge in [-0.3, -0.25) is 0 Å². The van der Waals surface area contributed by atoms with E-state index in [0.717, 1.165) is 25.2 Å². The summed E-state index contributed by atoms with van der Waals surface area (Å²) in [5, 5.41) is -0.763. The van der Waals surface area contributed by atoms with Crippen LogP contribution in [0.4, 0.5) is 22.0 Å². The SMILES string of the molecule is CCC(/C=C\C(C)C1CCC2C3CC=C4CC(O[Si](C)(C)c5c(F)c(F)c(F)c(F)c5F)CCC4(C)C3CCC12C)C(C)C. The third-order valence-corrected chi connectivity index (χ3v) is 15.6. The Morgan fingerprint density at radius 3 is 2.11 bits per heavy atom. The highest BCUT2D eigenvalue weighted by atomic mass is 28.4. The lowest BCUT2D eigenvalue weighted by Crippen LogP contribution is -2.54. The summed E-state index contributed by atoms with van der Waals surface area (Å²) in [6, 6.07) is 0. The molecule has 0 radical (unpaired) electrons. The summed E-state index contributed by atoms with van der Waals surface area (Å²) in [4.78, 5) is 0. The third kappa shape index (κ3) is 5.58. The first-order valence-electron chi connectivity index (χ1n) is 17.1. The van der Waals surface area contributed by atoms with Gasteiger partial charge in [-0.15, -0.1) is 0 Å². The summed E-state index contributed by atoms with van der Waals surface area (Å²) in [5.74, 6) is -4.83. The zero-order chi connectivity index (χ0) is 32.4. The lowest BCUT2D eigenvalue weighted by Gasteiger charge is -2.58. The van der Waals surface area contributed by atoms with Gasteiger partial charge in [-0.25, -0.2) is 22.0 Å². The Hall–Kier alpha value is -1.47. The molecule has 3 fully saturated rings. The maximum absolute atomic E-state index is 14.7. The standard InChI is InChI=1S/C37H53F5OSi/c1-9-23(21(2)3)11-10-22(4)27-14-15-28-26-13-12-24-20-25(16-18-36(24,5)29(26)17-19-37(27,28)6)43-44(7,8)35-33(41)31(39)30(38)32(40)34(35)42/h10-12,21-23,25-29H,9,13-20H2,1-8H3/b11-10-. The predicted octanol–water partition coefficient (Wildman–Crippen LogP) is 10.6. The van der Waals surface area contributed by atoms with Gasteiger partial charge in [-0.1, -0.05) is 65.3 Å². The molecular weight excluding hydrogens is 583 g/mol. The minimum Gasteiger partial charge on any atom is -0.409 e. The van der Waals surface area contributed by atoms with Crippen LogP contribution < -0.4 is 5.19 Å². The highest BCUT2D eigenvalue weighted by Crippen LogP contribution is 2.67. The average molecular weight is 637 g/mol. The molecule has 0 heterocycles. The molecule has 1 aromatic carbocycles. The number of fused-ring (bicyclic) bond motifs is 5. The van der Waals surface area contributed by atoms with Crippen LogP contribution in [0, 0.1) is 81.3 Å². The van der Waals surface area contributed by atoms with Crippen LogP contribution in [0.15, 0.2) is 23.8 Å². The molecule has 0 aliphatic heterocycles. The molecule has 3 saturated carbocycles. The quantitative estimate of drug-likeness (QED) is 0.0907. The van der Waals surface area contributed by atoms with Crippen LogP contribution in [0.5, 0.6) is 0 Å². The molecule has 0 bridgehead atoms. The molecule has 0 spiro atoms. The maximum Gasteiger partial charge on any atom is 0.225 e. The van der Waals surface area contributed by atoms with Crippen molar-refractivity contribution in [3.05, 3.63) is 52.9 Å². The van der Waals surface area contributed by atoms with Crippen LogP contribution >= 0.6 is 0 Å². The maximum atomic E-state index is 14.7. The topological polar surface area (TPSA) is 9.23 Å². The molecule has 0 amide bonds. The van der Waals surface area contributed by atoms with Crippen molar-refractivity contribution in [3.8, 4) is 0 Å². The summed E-state index contributed by atoms with van der Waals surface area (Å²) < 4.78 is 77.6. The lowest BCUT2D eigenvalue weighted by molar-refractivity contribution is -0.0529. The largest absolute Gasteiger partial charge is 0.409 e. The van der Waals surface area contributed by atoms with Gasteiger partial charge in [0.25, 0.3) is 0 Å². The summed E-state index contributed by atoms with van der Waals surface area (Å²) >= 11 is 0. The van der Waals surface area contributed by atoms with E-state index in [0.29, 0.717) is 47.3 Å². The number of halogens is 5. The van der Waals surface area contributed by atoms with E-state index in [1.54, 1.807) is 0 Å². The molecule has 5 rings (SSSR count). The number of rotatable bonds is 8. The van der Waals surface area contributed by atoms with Crippen molar-refractivity contribution in [1.82, 2.24) is 0 Å². The Balaban J connectivity index is 1.31. The Labute approximate surface area is 263 Å². The summed E-state index contributed by atoms with van der Waals surface area (Å²) in [6.45, 7) is 17.4. The second-order valence-corrected chi connectivity index (χ2v) is 19.7. The molecule has 0 N–H and O–H groups in total. The van der Waals surface area contributed by atoms with E-state index in [1.165, 1.54) is 50.8 Å². The summed E-state index contributed by atoms with van der Waals surface area (Å²) in [6.07, 6.45) is 16.8. The highest BCUT2D eigenvalue weighted by Gasteiger charge is 2.59. The minimum absolute atomic E-state index is 0.0651. The van der Waals surface area contributed by atoms with Gasteiger partial charge in [-0.2, -0.15) is 0 Å². The van der Waals surface area contributed by atoms with E-state index in [1.807, 2.05) is 0 Å². The smallest absolute Gasteiger partial charge is 0.225 e. The molecule has 9 atom stereocenters. The van der Waals surface area contributed by atoms with Crippen LogP contribution in [0.2, 0.25) is 13.1 Å². The highest BCUT2D eigenvalue weighted by molar-refractivity contribution is 6.84. The van der Waals surface area contributed by atoms with Crippen molar-refractivity contribution in [2.24, 2.45) is 52.3 Å². The zero-order valence-corrected chi connectivity index (χ0v) is 29.0. The molecule has 0 aromatic heterocycles. The van der Waals surface area contributed by atoms with E-state index in [2.05, 4.69) is 59.8 Å². The van der Waals surface area contributed by atoms with E-state index in [-0.39, 0.29) is 11.5 Å². The molecule has 7 heteroatoms. The van der Waals surface area contributed by atoms with Crippen LogP contribution in [-0.4, -0.2) is 14.4 Å². The lowest BCUT2D eigenvalue weighted by atomic mass is 9.47. The number of hydrogen-bond donors (Lipinski definition) is 0. The van der Waals surface area contributed by atoms with Crippen molar-refractivity contribution in [1.29, 1.82) is 0 Å². The van der Waals surface area contributed by atoms with Gasteiger partial charge in [0, 0.05) is 11.3 Å². The second kappa shape index (κ2) is 12.3. The van der Waals surface area contributed by atoms with Gasteiger partial charge in [-0.05, 0) is 123 Å². The Bertz CT molecular complexity index is 1280. The zero-order valence-electron chi connectivity index (χ0n) is 28.0. The van der Waals surface area contributed by atoms with Gasteiger partial charge >= 0.3 is 0 Å². The molecule has 44 heavy (non-hydrogen) atoms. The van der Waals surface area contributed by atoms with Crippen molar-refractivity contribution in [3.63, 3.8) is 0 Å². The fraction of sp³-hybridized carbons (Fsp3) is 0.730. The minimum atomic E-state index is -3.46. The second-order valence-electron chi connectivity index (χ2n) is 16.0. The van der Waals surface area contributed by atoms with E-state index in [9.17, 15) is 22.0 Å². The normalized spacial score (nSPS) is 35.3. The predicted molar refractivity (Wildman–Crippen MR) is 170 cm³/mol. The van der Waals surface area contributed by atoms with E-state index in [4.69, 9.17) is 4.43 Å². The first-order valence-corrected chi connectivity index (χ1v) is 20.0. The molecule has 9 unspecified atom stereocenters. The van der Waals surface area contributed by atoms with E-state index >= 15 is 0 Å².